The van der Waals surface area contributed by atoms with Gasteiger partial charge in [0.2, 0.25) is 0 Å². The highest BCUT2D eigenvalue weighted by molar-refractivity contribution is 5.74. The Morgan fingerprint density at radius 1 is 1.14 bits per heavy atom. The summed E-state index contributed by atoms with van der Waals surface area (Å²) >= 11 is 0. The number of benzene rings is 1. The van der Waals surface area contributed by atoms with Crippen molar-refractivity contribution in [2.24, 2.45) is 0 Å². The van der Waals surface area contributed by atoms with E-state index in [1.54, 1.807) is 12.4 Å². The molecule has 0 aliphatic rings. The predicted octanol–water partition coefficient (Wildman–Crippen LogP) is 2.43. The minimum atomic E-state index is -0.571. The highest BCUT2D eigenvalue weighted by Crippen LogP contribution is 2.21. The van der Waals surface area contributed by atoms with E-state index < -0.39 is 6.10 Å². The topological polar surface area (TPSA) is 63.8 Å². The Morgan fingerprint density at radius 2 is 1.90 bits per heavy atom. The van der Waals surface area contributed by atoms with Gasteiger partial charge in [-0.2, -0.15) is 5.10 Å². The molecule has 5 heteroatoms. The van der Waals surface area contributed by atoms with Gasteiger partial charge in [0, 0.05) is 31.1 Å². The molecule has 0 saturated carbocycles. The number of aliphatic hydroxyl groups excluding tert-OH is 1. The number of fused-ring (bicyclic) bond motifs is 1. The minimum Gasteiger partial charge on any atom is -0.388 e. The molecule has 0 bridgehead atoms. The molecule has 1 atom stereocenters. The molecule has 1 N–H and O–H groups in total. The summed E-state index contributed by atoms with van der Waals surface area (Å²) in [5.41, 5.74) is 4.51. The van der Waals surface area contributed by atoms with Crippen LogP contribution in [-0.2, 0) is 13.0 Å². The third-order valence-electron chi connectivity index (χ3n) is 3.57. The first-order valence-electron chi connectivity index (χ1n) is 7.09. The Morgan fingerprint density at radius 3 is 2.67 bits per heavy atom. The molecule has 1 aromatic carbocycles. The number of hydrogen-bond donors (Lipinski definition) is 1. The predicted molar refractivity (Wildman–Crippen MR) is 80.8 cm³/mol. The minimum absolute atomic E-state index is 0.542. The fourth-order valence-electron chi connectivity index (χ4n) is 2.54. The van der Waals surface area contributed by atoms with Crippen molar-refractivity contribution in [2.75, 3.05) is 0 Å². The van der Waals surface area contributed by atoms with E-state index in [1.165, 1.54) is 0 Å². The lowest BCUT2D eigenvalue weighted by atomic mass is 10.0. The van der Waals surface area contributed by atoms with Crippen LogP contribution in [0.4, 0.5) is 0 Å². The molecule has 0 aliphatic heterocycles. The fraction of sp³-hybridized carbons (Fsp3) is 0.312. The van der Waals surface area contributed by atoms with Crippen molar-refractivity contribution in [1.82, 2.24) is 19.7 Å². The molecule has 3 aromatic rings. The van der Waals surface area contributed by atoms with Gasteiger partial charge in [-0.3, -0.25) is 14.6 Å². The zero-order valence-corrected chi connectivity index (χ0v) is 12.2. The van der Waals surface area contributed by atoms with E-state index in [9.17, 15) is 5.11 Å². The van der Waals surface area contributed by atoms with Crippen molar-refractivity contribution in [3.8, 4) is 0 Å². The number of aliphatic hydroxyl groups is 1. The number of hydrogen-bond acceptors (Lipinski definition) is 4. The van der Waals surface area contributed by atoms with E-state index in [1.807, 2.05) is 42.8 Å². The van der Waals surface area contributed by atoms with Crippen molar-refractivity contribution in [1.29, 1.82) is 0 Å². The van der Waals surface area contributed by atoms with Gasteiger partial charge in [-0.15, -0.1) is 0 Å². The first-order valence-corrected chi connectivity index (χ1v) is 7.09. The zero-order valence-electron chi connectivity index (χ0n) is 12.2. The molecule has 1 unspecified atom stereocenters. The molecule has 0 amide bonds. The van der Waals surface area contributed by atoms with E-state index in [4.69, 9.17) is 0 Å². The van der Waals surface area contributed by atoms with Crippen LogP contribution in [0.3, 0.4) is 0 Å². The molecule has 3 rings (SSSR count). The number of rotatable bonds is 4. The van der Waals surface area contributed by atoms with Gasteiger partial charge in [0.1, 0.15) is 0 Å². The summed E-state index contributed by atoms with van der Waals surface area (Å²) in [5, 5.41) is 14.9. The second-order valence-corrected chi connectivity index (χ2v) is 5.12. The van der Waals surface area contributed by atoms with E-state index in [0.717, 1.165) is 34.5 Å². The summed E-state index contributed by atoms with van der Waals surface area (Å²) in [6, 6.07) is 7.71. The molecular formula is C16H18N4O. The quantitative estimate of drug-likeness (QED) is 0.798. The van der Waals surface area contributed by atoms with Gasteiger partial charge < -0.3 is 5.11 Å². The number of aromatic nitrogens is 4. The summed E-state index contributed by atoms with van der Waals surface area (Å²) in [5.74, 6) is 0. The molecule has 21 heavy (non-hydrogen) atoms. The van der Waals surface area contributed by atoms with Crippen LogP contribution in [0.5, 0.6) is 0 Å². The average Bonchev–Trinajstić information content (AvgIpc) is 2.86. The Balaban J connectivity index is 1.87. The molecule has 0 fully saturated rings. The van der Waals surface area contributed by atoms with Crippen molar-refractivity contribution in [2.45, 2.75) is 32.9 Å². The van der Waals surface area contributed by atoms with Crippen LogP contribution in [0.2, 0.25) is 0 Å². The Labute approximate surface area is 123 Å². The smallest absolute Gasteiger partial charge is 0.0890 e. The van der Waals surface area contributed by atoms with Gasteiger partial charge in [0.15, 0.2) is 0 Å². The summed E-state index contributed by atoms with van der Waals surface area (Å²) in [7, 11) is 0. The summed E-state index contributed by atoms with van der Waals surface area (Å²) in [4.78, 5) is 8.52. The van der Waals surface area contributed by atoms with Crippen LogP contribution in [0.15, 0.2) is 36.7 Å². The van der Waals surface area contributed by atoms with Gasteiger partial charge >= 0.3 is 0 Å². The van der Waals surface area contributed by atoms with Crippen molar-refractivity contribution in [3.05, 3.63) is 53.6 Å². The molecule has 0 spiro atoms. The normalized spacial score (nSPS) is 12.7. The van der Waals surface area contributed by atoms with Gasteiger partial charge in [-0.25, -0.2) is 0 Å². The van der Waals surface area contributed by atoms with E-state index >= 15 is 0 Å². The molecule has 0 saturated heterocycles. The van der Waals surface area contributed by atoms with E-state index in [2.05, 4.69) is 15.1 Å². The Hall–Kier alpha value is -2.27. The van der Waals surface area contributed by atoms with Gasteiger partial charge in [-0.05, 0) is 37.6 Å². The van der Waals surface area contributed by atoms with Crippen molar-refractivity contribution >= 4 is 11.0 Å². The maximum atomic E-state index is 10.5. The van der Waals surface area contributed by atoms with Gasteiger partial charge in [0.05, 0.1) is 22.8 Å². The average molecular weight is 282 g/mol. The van der Waals surface area contributed by atoms with Gasteiger partial charge in [-0.1, -0.05) is 6.07 Å². The van der Waals surface area contributed by atoms with Gasteiger partial charge in [0.25, 0.3) is 0 Å². The molecule has 108 valence electrons. The Bertz CT molecular complexity index is 766. The molecule has 0 aliphatic carbocycles. The maximum Gasteiger partial charge on any atom is 0.0890 e. The van der Waals surface area contributed by atoms with Crippen LogP contribution < -0.4 is 0 Å². The van der Waals surface area contributed by atoms with E-state index in [-0.39, 0.29) is 0 Å². The molecule has 2 heterocycles. The third kappa shape index (κ3) is 2.78. The van der Waals surface area contributed by atoms with Crippen molar-refractivity contribution in [3.63, 3.8) is 0 Å². The first kappa shape index (κ1) is 13.7. The Kier molecular flexibility index (Phi) is 3.66. The number of nitrogens with zero attached hydrogens (tertiary/aromatic N) is 4. The second kappa shape index (κ2) is 5.61. The summed E-state index contributed by atoms with van der Waals surface area (Å²) in [6.07, 6.45) is 3.30. The molecule has 0 radical (unpaired) electrons. The molecule has 5 nitrogen and oxygen atoms in total. The van der Waals surface area contributed by atoms with Crippen LogP contribution in [-0.4, -0.2) is 24.9 Å². The maximum absolute atomic E-state index is 10.5. The highest BCUT2D eigenvalue weighted by Gasteiger charge is 2.13. The molecule has 2 aromatic heterocycles. The second-order valence-electron chi connectivity index (χ2n) is 5.12. The lowest BCUT2D eigenvalue weighted by Crippen LogP contribution is -2.08. The SMILES string of the molecule is CCn1nc(C)cc1CC(O)c1ccc2nccnc2c1. The number of aryl methyl sites for hydroxylation is 2. The zero-order chi connectivity index (χ0) is 14.8. The van der Waals surface area contributed by atoms with Crippen LogP contribution in [0.1, 0.15) is 30.0 Å². The van der Waals surface area contributed by atoms with Crippen LogP contribution in [0.25, 0.3) is 11.0 Å². The standard InChI is InChI=1S/C16H18N4O/c1-3-20-13(8-11(2)19-20)10-16(21)12-4-5-14-15(9-12)18-7-6-17-14/h4-9,16,21H,3,10H2,1-2H3. The summed E-state index contributed by atoms with van der Waals surface area (Å²) < 4.78 is 1.93. The largest absolute Gasteiger partial charge is 0.388 e. The molecular weight excluding hydrogens is 264 g/mol. The van der Waals surface area contributed by atoms with Crippen LogP contribution in [0, 0.1) is 6.92 Å². The van der Waals surface area contributed by atoms with Crippen LogP contribution >= 0.6 is 0 Å². The highest BCUT2D eigenvalue weighted by atomic mass is 16.3. The summed E-state index contributed by atoms with van der Waals surface area (Å²) in [6.45, 7) is 4.82. The first-order chi connectivity index (χ1) is 10.2. The lowest BCUT2D eigenvalue weighted by Gasteiger charge is -2.12. The van der Waals surface area contributed by atoms with E-state index in [0.29, 0.717) is 6.42 Å². The fourth-order valence-corrected chi connectivity index (χ4v) is 2.54. The third-order valence-corrected chi connectivity index (χ3v) is 3.57. The van der Waals surface area contributed by atoms with Crippen molar-refractivity contribution < 1.29 is 5.11 Å². The lowest BCUT2D eigenvalue weighted by molar-refractivity contribution is 0.175. The monoisotopic (exact) mass is 282 g/mol.